The third-order valence-corrected chi connectivity index (χ3v) is 2.32. The quantitative estimate of drug-likeness (QED) is 0.630. The molecule has 0 aliphatic rings. The number of rotatable bonds is 2. The number of nitrogens with zero attached hydrogens (tertiary/aromatic N) is 1. The van der Waals surface area contributed by atoms with E-state index in [1.807, 2.05) is 0 Å². The highest BCUT2D eigenvalue weighted by Crippen LogP contribution is 2.09. The summed E-state index contributed by atoms with van der Waals surface area (Å²) in [6.45, 7) is 1.30. The van der Waals surface area contributed by atoms with Gasteiger partial charge in [0, 0.05) is 24.1 Å². The lowest BCUT2D eigenvalue weighted by molar-refractivity contribution is -0.672. The fourth-order valence-electron chi connectivity index (χ4n) is 1.35. The highest BCUT2D eigenvalue weighted by atomic mass is 35.5. The molecule has 1 aromatic carbocycles. The van der Waals surface area contributed by atoms with E-state index in [4.69, 9.17) is 11.6 Å². The zero-order chi connectivity index (χ0) is 11.7. The van der Waals surface area contributed by atoms with Crippen LogP contribution in [-0.4, -0.2) is 11.1 Å². The topological polar surface area (TPSA) is 67.0 Å². The Morgan fingerprint density at radius 3 is 2.56 bits per heavy atom. The molecule has 1 heterocycles. The van der Waals surface area contributed by atoms with Crippen molar-refractivity contribution in [1.82, 2.24) is 5.27 Å². The monoisotopic (exact) mass is 239 g/mol. The van der Waals surface area contributed by atoms with E-state index >= 15 is 0 Å². The third kappa shape index (κ3) is 1.77. The standard InChI is InChI=1S/C10H7ClN2O3/c1-6(14)9-10(15)16-12-13(9)8-4-2-7(11)3-5-8/h2-5H,1H3/p+1. The van der Waals surface area contributed by atoms with Gasteiger partial charge in [-0.25, -0.2) is 4.79 Å². The number of Topliss-reactive ketones (excluding diaryl/α,β-unsaturated/α-hetero) is 1. The van der Waals surface area contributed by atoms with Crippen LogP contribution in [0.1, 0.15) is 17.4 Å². The van der Waals surface area contributed by atoms with E-state index in [-0.39, 0.29) is 11.5 Å². The predicted molar refractivity (Wildman–Crippen MR) is 55.9 cm³/mol. The fourth-order valence-corrected chi connectivity index (χ4v) is 1.47. The number of benzene rings is 1. The molecule has 0 fully saturated rings. The third-order valence-electron chi connectivity index (χ3n) is 2.06. The van der Waals surface area contributed by atoms with Gasteiger partial charge in [0.25, 0.3) is 0 Å². The highest BCUT2D eigenvalue weighted by Gasteiger charge is 2.27. The van der Waals surface area contributed by atoms with E-state index in [0.29, 0.717) is 10.7 Å². The van der Waals surface area contributed by atoms with Crippen LogP contribution in [0, 0.1) is 0 Å². The molecule has 0 bridgehead atoms. The van der Waals surface area contributed by atoms with Gasteiger partial charge in [-0.2, -0.15) is 0 Å². The van der Waals surface area contributed by atoms with E-state index in [0.717, 1.165) is 0 Å². The molecule has 0 radical (unpaired) electrons. The Morgan fingerprint density at radius 2 is 2.00 bits per heavy atom. The molecular weight excluding hydrogens is 232 g/mol. The van der Waals surface area contributed by atoms with Gasteiger partial charge in [0.15, 0.2) is 0 Å². The number of halogens is 1. The predicted octanol–water partition coefficient (Wildman–Crippen LogP) is 1.10. The molecule has 2 rings (SSSR count). The Kier molecular flexibility index (Phi) is 2.62. The van der Waals surface area contributed by atoms with Crippen LogP contribution in [0.15, 0.2) is 33.6 Å². The first-order valence-corrected chi connectivity index (χ1v) is 4.88. The second-order valence-corrected chi connectivity index (χ2v) is 3.63. The van der Waals surface area contributed by atoms with Crippen molar-refractivity contribution in [3.63, 3.8) is 0 Å². The van der Waals surface area contributed by atoms with E-state index in [2.05, 4.69) is 9.79 Å². The molecule has 0 aliphatic heterocycles. The lowest BCUT2D eigenvalue weighted by Gasteiger charge is -1.91. The molecule has 82 valence electrons. The summed E-state index contributed by atoms with van der Waals surface area (Å²) in [4.78, 5) is 22.5. The average molecular weight is 240 g/mol. The summed E-state index contributed by atoms with van der Waals surface area (Å²) >= 11 is 5.74. The molecule has 1 N–H and O–H groups in total. The lowest BCUT2D eigenvalue weighted by atomic mass is 10.3. The zero-order valence-corrected chi connectivity index (χ0v) is 9.12. The molecule has 0 aliphatic carbocycles. The molecular formula is C10H8ClN2O3+. The number of nitrogens with one attached hydrogen (secondary N) is 1. The van der Waals surface area contributed by atoms with Gasteiger partial charge in [-0.3, -0.25) is 9.32 Å². The largest absolute Gasteiger partial charge is 0.438 e. The number of aromatic nitrogens is 2. The highest BCUT2D eigenvalue weighted by molar-refractivity contribution is 6.30. The van der Waals surface area contributed by atoms with Crippen molar-refractivity contribution in [2.45, 2.75) is 6.92 Å². The lowest BCUT2D eigenvalue weighted by Crippen LogP contribution is -2.40. The summed E-state index contributed by atoms with van der Waals surface area (Å²) in [6, 6.07) is 6.64. The number of aromatic amines is 1. The molecule has 0 amide bonds. The van der Waals surface area contributed by atoms with Crippen LogP contribution in [0.3, 0.4) is 0 Å². The van der Waals surface area contributed by atoms with Gasteiger partial charge < -0.3 is 0 Å². The maximum atomic E-state index is 11.3. The SMILES string of the molecule is CC(=O)c1c(=O)o[nH][n+]1-c1ccc(Cl)cc1. The van der Waals surface area contributed by atoms with Crippen LogP contribution in [0.25, 0.3) is 5.69 Å². The maximum Gasteiger partial charge on any atom is 0.438 e. The molecule has 2 aromatic rings. The number of H-pyrrole nitrogens is 1. The molecule has 0 unspecified atom stereocenters. The molecule has 1 aromatic heterocycles. The molecule has 6 heteroatoms. The Balaban J connectivity index is 2.60. The molecule has 0 saturated heterocycles. The smallest absolute Gasteiger partial charge is 0.287 e. The van der Waals surface area contributed by atoms with Gasteiger partial charge in [0.1, 0.15) is 0 Å². The molecule has 16 heavy (non-hydrogen) atoms. The second kappa shape index (κ2) is 3.94. The van der Waals surface area contributed by atoms with Gasteiger partial charge >= 0.3 is 11.3 Å². The summed E-state index contributed by atoms with van der Waals surface area (Å²) in [5.74, 6) is -0.370. The first-order valence-electron chi connectivity index (χ1n) is 4.50. The summed E-state index contributed by atoms with van der Waals surface area (Å²) in [7, 11) is 0. The van der Waals surface area contributed by atoms with Crippen molar-refractivity contribution in [3.8, 4) is 5.69 Å². The molecule has 0 saturated carbocycles. The van der Waals surface area contributed by atoms with Crippen molar-refractivity contribution in [3.05, 3.63) is 45.4 Å². The van der Waals surface area contributed by atoms with E-state index in [9.17, 15) is 9.59 Å². The Labute approximate surface area is 95.2 Å². The van der Waals surface area contributed by atoms with Crippen LogP contribution in [0.2, 0.25) is 5.02 Å². The van der Waals surface area contributed by atoms with Crippen molar-refractivity contribution < 1.29 is 14.0 Å². The average Bonchev–Trinajstić information content (AvgIpc) is 2.61. The van der Waals surface area contributed by atoms with E-state index in [1.54, 1.807) is 24.3 Å². The van der Waals surface area contributed by atoms with Gasteiger partial charge in [0.2, 0.25) is 11.5 Å². The number of hydrogen-bond acceptors (Lipinski definition) is 3. The normalized spacial score (nSPS) is 10.4. The fraction of sp³-hybridized carbons (Fsp3) is 0.100. The van der Waals surface area contributed by atoms with Crippen molar-refractivity contribution in [2.75, 3.05) is 0 Å². The van der Waals surface area contributed by atoms with Crippen LogP contribution >= 0.6 is 11.6 Å². The summed E-state index contributed by atoms with van der Waals surface area (Å²) < 4.78 is 5.85. The number of carbonyl (C=O) groups is 1. The zero-order valence-electron chi connectivity index (χ0n) is 8.36. The van der Waals surface area contributed by atoms with Gasteiger partial charge in [0.05, 0.1) is 0 Å². The van der Waals surface area contributed by atoms with Gasteiger partial charge in [-0.05, 0) is 22.1 Å². The minimum absolute atomic E-state index is 0.0534. The van der Waals surface area contributed by atoms with E-state index < -0.39 is 5.63 Å². The number of carbonyl (C=O) groups excluding carboxylic acids is 1. The van der Waals surface area contributed by atoms with Gasteiger partial charge in [-0.15, -0.1) is 0 Å². The summed E-state index contributed by atoms with van der Waals surface area (Å²) in [5, 5.41) is 2.93. The van der Waals surface area contributed by atoms with Crippen molar-refractivity contribution in [2.24, 2.45) is 0 Å². The summed E-state index contributed by atoms with van der Waals surface area (Å²) in [5.41, 5.74) is -0.148. The first-order chi connectivity index (χ1) is 7.59. The number of hydrogen-bond donors (Lipinski definition) is 1. The Bertz CT molecular complexity index is 583. The van der Waals surface area contributed by atoms with Gasteiger partial charge in [-0.1, -0.05) is 11.6 Å². The van der Waals surface area contributed by atoms with Crippen molar-refractivity contribution >= 4 is 17.4 Å². The number of ketones is 1. The first kappa shape index (κ1) is 10.6. The Morgan fingerprint density at radius 1 is 1.38 bits per heavy atom. The molecule has 0 atom stereocenters. The van der Waals surface area contributed by atoms with Crippen LogP contribution in [-0.2, 0) is 0 Å². The minimum Gasteiger partial charge on any atom is -0.287 e. The Hall–Kier alpha value is -1.88. The van der Waals surface area contributed by atoms with Crippen LogP contribution in [0.5, 0.6) is 0 Å². The van der Waals surface area contributed by atoms with Crippen molar-refractivity contribution in [1.29, 1.82) is 0 Å². The maximum absolute atomic E-state index is 11.3. The van der Waals surface area contributed by atoms with E-state index in [1.165, 1.54) is 11.6 Å². The summed E-state index contributed by atoms with van der Waals surface area (Å²) in [6.07, 6.45) is 0. The second-order valence-electron chi connectivity index (χ2n) is 3.20. The minimum atomic E-state index is -0.692. The van der Waals surface area contributed by atoms with Crippen LogP contribution < -0.4 is 10.3 Å². The molecule has 5 nitrogen and oxygen atoms in total. The van der Waals surface area contributed by atoms with Crippen LogP contribution in [0.4, 0.5) is 0 Å². The molecule has 0 spiro atoms.